The van der Waals surface area contributed by atoms with Gasteiger partial charge in [-0.15, -0.1) is 0 Å². The Morgan fingerprint density at radius 1 is 1.15 bits per heavy atom. The number of aromatic nitrogens is 4. The fraction of sp³-hybridized carbons (Fsp3) is 0.133. The molecule has 2 aromatic heterocycles. The van der Waals surface area contributed by atoms with Gasteiger partial charge in [-0.25, -0.2) is 15.0 Å². The van der Waals surface area contributed by atoms with E-state index in [9.17, 15) is 0 Å². The number of nitrogens with zero attached hydrogens (tertiary/aromatic N) is 4. The second-order valence-corrected chi connectivity index (χ2v) is 4.35. The molecule has 0 aliphatic rings. The van der Waals surface area contributed by atoms with Crippen LogP contribution < -0.4 is 5.32 Å². The van der Waals surface area contributed by atoms with Crippen molar-refractivity contribution in [3.63, 3.8) is 0 Å². The van der Waals surface area contributed by atoms with Crippen LogP contribution in [0.1, 0.15) is 5.56 Å². The first-order valence-electron chi connectivity index (χ1n) is 6.43. The zero-order chi connectivity index (χ0) is 13.8. The highest BCUT2D eigenvalue weighted by Crippen LogP contribution is 2.16. The zero-order valence-corrected chi connectivity index (χ0v) is 11.2. The molecular weight excluding hydrogens is 250 g/mol. The predicted octanol–water partition coefficient (Wildman–Crippen LogP) is 2.58. The minimum Gasteiger partial charge on any atom is -0.371 e. The van der Waals surface area contributed by atoms with Gasteiger partial charge in [0.1, 0.15) is 11.8 Å². The Morgan fingerprint density at radius 2 is 2.00 bits per heavy atom. The monoisotopic (exact) mass is 265 g/mol. The summed E-state index contributed by atoms with van der Waals surface area (Å²) in [6, 6.07) is 10.2. The second-order valence-electron chi connectivity index (χ2n) is 4.35. The first-order chi connectivity index (χ1) is 9.88. The molecule has 1 aromatic carbocycles. The number of allylic oxidation sites excluding steroid dienone is 1. The Balaban J connectivity index is 1.83. The number of hydrogen-bond donors (Lipinski definition) is 1. The maximum absolute atomic E-state index is 4.36. The molecule has 20 heavy (non-hydrogen) atoms. The van der Waals surface area contributed by atoms with Gasteiger partial charge < -0.3 is 9.88 Å². The van der Waals surface area contributed by atoms with Crippen LogP contribution in [0.15, 0.2) is 49.1 Å². The van der Waals surface area contributed by atoms with Crippen molar-refractivity contribution in [2.24, 2.45) is 0 Å². The number of hydrogen-bond acceptors (Lipinski definition) is 4. The Bertz CT molecular complexity index is 730. The number of nitrogens with one attached hydrogen (secondary N) is 1. The molecule has 0 amide bonds. The van der Waals surface area contributed by atoms with Gasteiger partial charge in [-0.2, -0.15) is 0 Å². The van der Waals surface area contributed by atoms with E-state index in [1.165, 1.54) is 5.56 Å². The fourth-order valence-corrected chi connectivity index (χ4v) is 2.06. The average Bonchev–Trinajstić information content (AvgIpc) is 2.92. The minimum absolute atomic E-state index is 0.728. The Labute approximate surface area is 117 Å². The second kappa shape index (κ2) is 5.52. The smallest absolute Gasteiger partial charge is 0.165 e. The van der Waals surface area contributed by atoms with Gasteiger partial charge in [0.15, 0.2) is 11.5 Å². The highest BCUT2D eigenvalue weighted by Gasteiger charge is 2.07. The van der Waals surface area contributed by atoms with E-state index in [1.54, 1.807) is 12.7 Å². The van der Waals surface area contributed by atoms with Crippen LogP contribution in [0.4, 0.5) is 5.82 Å². The van der Waals surface area contributed by atoms with Crippen LogP contribution in [0, 0.1) is 0 Å². The first-order valence-corrected chi connectivity index (χ1v) is 6.43. The molecule has 0 saturated heterocycles. The van der Waals surface area contributed by atoms with E-state index in [-0.39, 0.29) is 0 Å². The maximum Gasteiger partial charge on any atom is 0.165 e. The molecule has 100 valence electrons. The number of rotatable bonds is 4. The van der Waals surface area contributed by atoms with Crippen molar-refractivity contribution in [1.29, 1.82) is 0 Å². The van der Waals surface area contributed by atoms with Crippen LogP contribution in [0.2, 0.25) is 0 Å². The predicted molar refractivity (Wildman–Crippen MR) is 80.3 cm³/mol. The molecule has 0 bridgehead atoms. The summed E-state index contributed by atoms with van der Waals surface area (Å²) in [6.45, 7) is 0.728. The van der Waals surface area contributed by atoms with Crippen LogP contribution in [0.25, 0.3) is 17.2 Å². The van der Waals surface area contributed by atoms with E-state index in [0.717, 1.165) is 23.5 Å². The standard InChI is InChI=1S/C15H15N5/c1-16-14-13-15(18-10-17-14)20(11-19-13)9-5-8-12-6-3-2-4-7-12/h2-8,10-11H,9H2,1H3,(H,16,17,18). The number of fused-ring (bicyclic) bond motifs is 1. The van der Waals surface area contributed by atoms with E-state index in [0.29, 0.717) is 0 Å². The maximum atomic E-state index is 4.36. The van der Waals surface area contributed by atoms with Gasteiger partial charge in [0.2, 0.25) is 0 Å². The molecule has 0 fully saturated rings. The van der Waals surface area contributed by atoms with E-state index in [1.807, 2.05) is 29.8 Å². The van der Waals surface area contributed by atoms with Crippen LogP contribution in [0.3, 0.4) is 0 Å². The summed E-state index contributed by atoms with van der Waals surface area (Å²) in [6.07, 6.45) is 7.52. The minimum atomic E-state index is 0.728. The van der Waals surface area contributed by atoms with Crippen LogP contribution >= 0.6 is 0 Å². The van der Waals surface area contributed by atoms with E-state index in [2.05, 4.69) is 44.6 Å². The molecule has 3 rings (SSSR count). The van der Waals surface area contributed by atoms with Crippen molar-refractivity contribution in [1.82, 2.24) is 19.5 Å². The lowest BCUT2D eigenvalue weighted by atomic mass is 10.2. The third-order valence-electron chi connectivity index (χ3n) is 3.05. The van der Waals surface area contributed by atoms with Crippen molar-refractivity contribution < 1.29 is 0 Å². The topological polar surface area (TPSA) is 55.6 Å². The molecule has 2 heterocycles. The molecule has 5 heteroatoms. The average molecular weight is 265 g/mol. The highest BCUT2D eigenvalue weighted by molar-refractivity contribution is 5.82. The Morgan fingerprint density at radius 3 is 2.80 bits per heavy atom. The molecule has 0 saturated carbocycles. The summed E-state index contributed by atoms with van der Waals surface area (Å²) in [7, 11) is 1.83. The quantitative estimate of drug-likeness (QED) is 0.787. The SMILES string of the molecule is CNc1ncnc2c1ncn2CC=Cc1ccccc1. The summed E-state index contributed by atoms with van der Waals surface area (Å²) in [5, 5.41) is 3.02. The van der Waals surface area contributed by atoms with Gasteiger partial charge >= 0.3 is 0 Å². The number of imidazole rings is 1. The molecule has 0 radical (unpaired) electrons. The van der Waals surface area contributed by atoms with Crippen molar-refractivity contribution in [3.05, 3.63) is 54.6 Å². The van der Waals surface area contributed by atoms with E-state index >= 15 is 0 Å². The van der Waals surface area contributed by atoms with Crippen LogP contribution in [-0.4, -0.2) is 26.6 Å². The van der Waals surface area contributed by atoms with Crippen molar-refractivity contribution in [2.75, 3.05) is 12.4 Å². The highest BCUT2D eigenvalue weighted by atomic mass is 15.1. The van der Waals surface area contributed by atoms with Crippen molar-refractivity contribution in [2.45, 2.75) is 6.54 Å². The lowest BCUT2D eigenvalue weighted by Crippen LogP contribution is -1.98. The van der Waals surface area contributed by atoms with Crippen molar-refractivity contribution >= 4 is 23.1 Å². The summed E-state index contributed by atoms with van der Waals surface area (Å²) >= 11 is 0. The third-order valence-corrected chi connectivity index (χ3v) is 3.05. The Hall–Kier alpha value is -2.69. The summed E-state index contributed by atoms with van der Waals surface area (Å²) in [5.41, 5.74) is 2.81. The van der Waals surface area contributed by atoms with E-state index in [4.69, 9.17) is 0 Å². The van der Waals surface area contributed by atoms with Gasteiger partial charge in [-0.3, -0.25) is 0 Å². The summed E-state index contributed by atoms with van der Waals surface area (Å²) < 4.78 is 2.00. The molecule has 0 aliphatic heterocycles. The van der Waals surface area contributed by atoms with Crippen LogP contribution in [-0.2, 0) is 6.54 Å². The van der Waals surface area contributed by atoms with Gasteiger partial charge in [0, 0.05) is 13.6 Å². The largest absolute Gasteiger partial charge is 0.371 e. The lowest BCUT2D eigenvalue weighted by Gasteiger charge is -2.01. The third kappa shape index (κ3) is 2.38. The molecular formula is C15H15N5. The summed E-state index contributed by atoms with van der Waals surface area (Å²) in [4.78, 5) is 12.8. The molecule has 0 aliphatic carbocycles. The fourth-order valence-electron chi connectivity index (χ4n) is 2.06. The van der Waals surface area contributed by atoms with Gasteiger partial charge in [0.05, 0.1) is 6.33 Å². The van der Waals surface area contributed by atoms with Crippen LogP contribution in [0.5, 0.6) is 0 Å². The molecule has 0 atom stereocenters. The molecule has 0 spiro atoms. The van der Waals surface area contributed by atoms with Gasteiger partial charge in [0.25, 0.3) is 0 Å². The number of benzene rings is 1. The molecule has 1 N–H and O–H groups in total. The normalized spacial score (nSPS) is 11.2. The first kappa shape index (κ1) is 12.3. The van der Waals surface area contributed by atoms with Gasteiger partial charge in [-0.1, -0.05) is 42.5 Å². The van der Waals surface area contributed by atoms with Gasteiger partial charge in [-0.05, 0) is 5.56 Å². The zero-order valence-electron chi connectivity index (χ0n) is 11.2. The van der Waals surface area contributed by atoms with E-state index < -0.39 is 0 Å². The van der Waals surface area contributed by atoms with Crippen molar-refractivity contribution in [3.8, 4) is 0 Å². The number of anilines is 1. The molecule has 0 unspecified atom stereocenters. The Kier molecular flexibility index (Phi) is 3.41. The molecule has 3 aromatic rings. The molecule has 5 nitrogen and oxygen atoms in total. The summed E-state index contributed by atoms with van der Waals surface area (Å²) in [5.74, 6) is 0.751. The lowest BCUT2D eigenvalue weighted by molar-refractivity contribution is 0.839.